The van der Waals surface area contributed by atoms with Gasteiger partial charge < -0.3 is 61.8 Å². The number of hydrogen-bond acceptors (Lipinski definition) is 13. The number of likely N-dealkylation sites (tertiary alicyclic amines) is 3. The van der Waals surface area contributed by atoms with E-state index in [1.54, 1.807) is 67.8 Å². The van der Waals surface area contributed by atoms with Crippen LogP contribution in [0.25, 0.3) is 0 Å². The molecule has 3 aliphatic heterocycles. The normalized spacial score (nSPS) is 19.4. The second-order valence-corrected chi connectivity index (χ2v) is 31.8. The first-order valence-electron chi connectivity index (χ1n) is 42.3. The van der Waals surface area contributed by atoms with Gasteiger partial charge in [0.15, 0.2) is 0 Å². The number of nitrogens with one attached hydrogen (secondary N) is 4. The lowest BCUT2D eigenvalue weighted by Gasteiger charge is -2.41. The van der Waals surface area contributed by atoms with Crippen LogP contribution in [0.1, 0.15) is 241 Å². The van der Waals surface area contributed by atoms with E-state index in [4.69, 9.17) is 15.6 Å². The second-order valence-electron chi connectivity index (χ2n) is 31.8. The number of esters is 1. The zero-order chi connectivity index (χ0) is 88.1. The van der Waals surface area contributed by atoms with Crippen LogP contribution in [0.2, 0.25) is 0 Å². The van der Waals surface area contributed by atoms with Gasteiger partial charge in [0, 0.05) is 66.2 Å². The molecule has 6 aliphatic rings. The van der Waals surface area contributed by atoms with Gasteiger partial charge in [-0.1, -0.05) is 137 Å². The Balaban J connectivity index is 0.000000179. The molecule has 0 bridgehead atoms. The summed E-state index contributed by atoms with van der Waals surface area (Å²) in [5, 5.41) is 41.1. The molecule has 27 heteroatoms. The Hall–Kier alpha value is -10.9. The van der Waals surface area contributed by atoms with Gasteiger partial charge in [-0.05, 0) is 228 Å². The van der Waals surface area contributed by atoms with Crippen LogP contribution in [0.15, 0.2) is 164 Å². The van der Waals surface area contributed by atoms with Crippen LogP contribution < -0.4 is 27.0 Å². The molecule has 18 nitrogen and oxygen atoms in total. The predicted octanol–water partition coefficient (Wildman–Crippen LogP) is 20.8. The van der Waals surface area contributed by atoms with Crippen molar-refractivity contribution >= 4 is 64.0 Å². The van der Waals surface area contributed by atoms with Gasteiger partial charge in [0.05, 0.1) is 83.5 Å². The number of anilines is 5. The number of aliphatic carboxylic acids is 1. The Morgan fingerprint density at radius 1 is 0.426 bits per heavy atom. The van der Waals surface area contributed by atoms with Gasteiger partial charge in [-0.2, -0.15) is 26.3 Å². The van der Waals surface area contributed by atoms with E-state index in [1.807, 2.05) is 86.6 Å². The Labute approximate surface area is 707 Å². The summed E-state index contributed by atoms with van der Waals surface area (Å²) < 4.78 is 127. The van der Waals surface area contributed by atoms with Crippen molar-refractivity contribution in [1.82, 2.24) is 14.7 Å². The maximum absolute atomic E-state index is 14.9. The summed E-state index contributed by atoms with van der Waals surface area (Å²) in [7, 11) is 0. The minimum Gasteiger partial charge on any atom is -0.481 e. The predicted molar refractivity (Wildman–Crippen MR) is 453 cm³/mol. The second kappa shape index (κ2) is 43.2. The highest BCUT2D eigenvalue weighted by atomic mass is 19.4. The third kappa shape index (κ3) is 23.5. The fourth-order valence-electron chi connectivity index (χ4n) is 17.6. The highest BCUT2D eigenvalue weighted by Gasteiger charge is 2.45. The molecule has 9 N–H and O–H groups in total. The molecule has 3 aliphatic carbocycles. The maximum atomic E-state index is 14.9. The number of hydrogen-bond donors (Lipinski definition) is 8. The van der Waals surface area contributed by atoms with Crippen molar-refractivity contribution < 1.29 is 88.3 Å². The van der Waals surface area contributed by atoms with E-state index in [0.717, 1.165) is 78.1 Å². The van der Waals surface area contributed by atoms with Crippen LogP contribution >= 0.6 is 0 Å². The fraction of sp³-hybridized carbons (Fsp3) is 0.432. The number of benzene rings is 8. The number of aliphatic hydroxyl groups excluding tert-OH is 2. The minimum absolute atomic E-state index is 0.0260. The summed E-state index contributed by atoms with van der Waals surface area (Å²) >= 11 is 0. The molecule has 14 rings (SSSR count). The molecule has 0 unspecified atom stereocenters. The van der Waals surface area contributed by atoms with Crippen molar-refractivity contribution in [2.45, 2.75) is 219 Å². The lowest BCUT2D eigenvalue weighted by molar-refractivity contribution is -0.152. The van der Waals surface area contributed by atoms with E-state index in [9.17, 15) is 78.5 Å². The Bertz CT molecular complexity index is 4800. The zero-order valence-corrected chi connectivity index (χ0v) is 69.8. The van der Waals surface area contributed by atoms with Crippen molar-refractivity contribution in [2.75, 3.05) is 53.2 Å². The molecular formula is C95H111F9N8O10. The van der Waals surface area contributed by atoms with Crippen LogP contribution in [0, 0.1) is 56.0 Å². The number of aryl methyl sites for hydroxylation is 3. The van der Waals surface area contributed by atoms with Crippen molar-refractivity contribution in [1.29, 1.82) is 0 Å². The first-order chi connectivity index (χ1) is 58.5. The lowest BCUT2D eigenvalue weighted by Crippen LogP contribution is -2.46. The number of amides is 4. The van der Waals surface area contributed by atoms with Gasteiger partial charge in [0.25, 0.3) is 17.7 Å². The Morgan fingerprint density at radius 2 is 0.746 bits per heavy atom. The van der Waals surface area contributed by atoms with Crippen LogP contribution in [-0.4, -0.2) is 110 Å². The fourth-order valence-corrected chi connectivity index (χ4v) is 17.6. The van der Waals surface area contributed by atoms with Crippen LogP contribution in [-0.2, 0) is 44.7 Å². The molecule has 654 valence electrons. The van der Waals surface area contributed by atoms with E-state index >= 15 is 0 Å². The number of alkyl halides is 6. The highest BCUT2D eigenvalue weighted by Crippen LogP contribution is 2.44. The number of nitrogens with zero attached hydrogens (tertiary/aromatic N) is 3. The molecule has 3 heterocycles. The van der Waals surface area contributed by atoms with E-state index in [1.165, 1.54) is 92.7 Å². The van der Waals surface area contributed by atoms with E-state index < -0.39 is 114 Å². The molecule has 6 atom stereocenters. The minimum atomic E-state index is -4.72. The highest BCUT2D eigenvalue weighted by molar-refractivity contribution is 5.99. The molecule has 4 amide bonds. The van der Waals surface area contributed by atoms with Crippen LogP contribution in [0.3, 0.4) is 0 Å². The zero-order valence-electron chi connectivity index (χ0n) is 69.8. The number of carbonyl (C=O) groups excluding carboxylic acids is 5. The van der Waals surface area contributed by atoms with Gasteiger partial charge in [0.2, 0.25) is 5.91 Å². The molecule has 0 spiro atoms. The van der Waals surface area contributed by atoms with Crippen LogP contribution in [0.4, 0.5) is 68.0 Å². The summed E-state index contributed by atoms with van der Waals surface area (Å²) in [5.74, 6) is -6.94. The molecule has 0 radical (unpaired) electrons. The molecule has 122 heavy (non-hydrogen) atoms. The molecule has 0 aromatic heterocycles. The molecule has 8 aromatic rings. The quantitative estimate of drug-likeness (QED) is 0.0213. The van der Waals surface area contributed by atoms with E-state index in [-0.39, 0.29) is 64.2 Å². The average molecular weight is 1700 g/mol. The third-order valence-electron chi connectivity index (χ3n) is 23.6. The van der Waals surface area contributed by atoms with Gasteiger partial charge in [0.1, 0.15) is 17.5 Å². The monoisotopic (exact) mass is 1690 g/mol. The van der Waals surface area contributed by atoms with Gasteiger partial charge in [-0.3, -0.25) is 28.8 Å². The summed E-state index contributed by atoms with van der Waals surface area (Å²) in [6, 6.07) is 42.8. The Kier molecular flexibility index (Phi) is 33.1. The van der Waals surface area contributed by atoms with Gasteiger partial charge in [-0.15, -0.1) is 0 Å². The number of halogens is 9. The first kappa shape index (κ1) is 93.3. The smallest absolute Gasteiger partial charge is 0.416 e. The summed E-state index contributed by atoms with van der Waals surface area (Å²) in [6.45, 7) is 10.9. The van der Waals surface area contributed by atoms with E-state index in [2.05, 4.69) is 21.3 Å². The molecule has 3 saturated carbocycles. The summed E-state index contributed by atoms with van der Waals surface area (Å²) in [6.07, 6.45) is 8.21. The number of carboxylic acid groups (broad SMARTS) is 1. The number of carbonyl (C=O) groups is 6. The SMILES string of the molecule is CC.CCOC(=O)[C@H]1CCCN(C(=O)c2c(C)cccc2F)[C@H]1c1ccc(NC2CCCC2)cc1.Cc1cccc(F)c1C(=O)N1CCC[C@H](C(=O)Nc2ccc(CO)c(C(F)(F)F)c2)[C@@H]1c1ccc(NC2CCCC2)cc1.Cc1cccc(F)c1C(=O)N1CCC[C@H](C(=O)O)[C@@H]1c1ccc(NC2CCCC2)cc1.Nc1ccc(CO)c(C(F)(F)F)c1. The lowest BCUT2D eigenvalue weighted by atomic mass is 9.83. The number of aliphatic hydroxyl groups is 2. The molecular weight excluding hydrogens is 1580 g/mol. The third-order valence-corrected chi connectivity index (χ3v) is 23.6. The number of piperidine rings is 3. The molecule has 6 fully saturated rings. The molecule has 3 saturated heterocycles. The molecule has 8 aromatic carbocycles. The average Bonchev–Trinajstić information content (AvgIpc) is 0.875. The van der Waals surface area contributed by atoms with Crippen LogP contribution in [0.5, 0.6) is 0 Å². The van der Waals surface area contributed by atoms with Gasteiger partial charge in [-0.25, -0.2) is 13.2 Å². The van der Waals surface area contributed by atoms with Crippen molar-refractivity contribution in [3.63, 3.8) is 0 Å². The van der Waals surface area contributed by atoms with Crippen molar-refractivity contribution in [3.05, 3.63) is 254 Å². The number of ether oxygens (including phenoxy) is 1. The van der Waals surface area contributed by atoms with Crippen molar-refractivity contribution in [3.8, 4) is 0 Å². The van der Waals surface area contributed by atoms with E-state index in [0.29, 0.717) is 92.0 Å². The number of rotatable bonds is 19. The number of nitrogen functional groups attached to an aromatic ring is 1. The van der Waals surface area contributed by atoms with Crippen molar-refractivity contribution in [2.24, 2.45) is 17.8 Å². The Morgan fingerprint density at radius 3 is 1.08 bits per heavy atom. The topological polar surface area (TPSA) is 256 Å². The summed E-state index contributed by atoms with van der Waals surface area (Å²) in [4.78, 5) is 84.2. The first-order valence-corrected chi connectivity index (χ1v) is 42.3. The summed E-state index contributed by atoms with van der Waals surface area (Å²) in [5.41, 5.74) is 9.69. The van der Waals surface area contributed by atoms with Gasteiger partial charge >= 0.3 is 24.3 Å². The standard InChI is InChI=1S/C33H35F4N3O3.C27H33FN2O3.C25H29FN2O3.C8H8F3NO.C2H6/c1-20-6-4-10-28(34)29(20)32(43)40-17-5-9-26(30(40)21-11-14-24(15-12-21)38-23-7-2-3-8-23)31(42)39-25-16-13-22(19-41)27(18-25)33(35,36)37;1-3-33-27(32)22-11-7-17-30(26(31)24-18(2)8-6-12-23(24)28)25(22)19-13-15-21(16-14-19)29-20-9-4-5-10-20;1-16-6-4-10-21(26)22(16)24(29)28-15-5-9-20(25(30)31)23(28)17-11-13-19(14-12-17)27-18-7-2-3-8-18;9-8(10,11)7-3-6(12)2-1-5(7)4-13;1-2/h4,6,10-16,18,23,26,30,38,41H,2-3,5,7-9,17,19H2,1H3,(H,39,42);6,8,12-16,20,22,25,29H,3-5,7,9-11,17H2,1-2H3;4,6,10-14,18,20,23,27H,2-3,5,7-9,15H2,1H3,(H,30,31);1-3,13H,4,12H2;1-2H3/t26-,30-;22-,25-;20-,23-;;/m000../s1. The largest absolute Gasteiger partial charge is 0.481 e. The number of nitrogens with two attached hydrogens (primary N) is 1. The maximum Gasteiger partial charge on any atom is 0.416 e. The number of carboxylic acids is 1.